The SMILES string of the molecule is CCCCCOCCOCCOCCOCCOCCOCCOC(=O)c1ccccc1. The molecule has 0 aliphatic heterocycles. The average Bonchev–Trinajstić information content (AvgIpc) is 2.82. The lowest BCUT2D eigenvalue weighted by molar-refractivity contribution is -0.0194. The van der Waals surface area contributed by atoms with Gasteiger partial charge in [0.2, 0.25) is 0 Å². The summed E-state index contributed by atoms with van der Waals surface area (Å²) >= 11 is 0. The van der Waals surface area contributed by atoms with Crippen molar-refractivity contribution in [3.8, 4) is 0 Å². The predicted octanol–water partition coefficient (Wildman–Crippen LogP) is 3.13. The summed E-state index contributed by atoms with van der Waals surface area (Å²) in [6, 6.07) is 8.88. The Bertz CT molecular complexity index is 526. The van der Waals surface area contributed by atoms with Crippen LogP contribution in [0.5, 0.6) is 0 Å². The third kappa shape index (κ3) is 18.1. The first-order valence-corrected chi connectivity index (χ1v) is 11.5. The van der Waals surface area contributed by atoms with Crippen molar-refractivity contribution in [3.05, 3.63) is 35.9 Å². The number of benzene rings is 1. The van der Waals surface area contributed by atoms with Crippen LogP contribution in [0, 0.1) is 0 Å². The second kappa shape index (κ2) is 22.6. The highest BCUT2D eigenvalue weighted by molar-refractivity contribution is 5.89. The monoisotopic (exact) mass is 456 g/mol. The van der Waals surface area contributed by atoms with E-state index in [0.717, 1.165) is 13.0 Å². The fourth-order valence-electron chi connectivity index (χ4n) is 2.51. The van der Waals surface area contributed by atoms with Gasteiger partial charge in [-0.25, -0.2) is 4.79 Å². The maximum absolute atomic E-state index is 11.7. The standard InChI is InChI=1S/C24H40O8/c1-2-3-7-10-26-11-12-27-13-14-28-15-16-29-17-18-30-19-20-31-21-22-32-24(25)23-8-5-4-6-9-23/h4-6,8-9H,2-3,7,10-22H2,1H3. The highest BCUT2D eigenvalue weighted by Gasteiger charge is 2.04. The van der Waals surface area contributed by atoms with Crippen LogP contribution in [-0.4, -0.2) is 91.9 Å². The summed E-state index contributed by atoms with van der Waals surface area (Å²) in [5.41, 5.74) is 0.535. The van der Waals surface area contributed by atoms with E-state index in [2.05, 4.69) is 6.92 Å². The molecule has 1 aromatic rings. The Balaban J connectivity index is 1.70. The zero-order chi connectivity index (χ0) is 23.0. The molecule has 184 valence electrons. The van der Waals surface area contributed by atoms with Crippen LogP contribution in [-0.2, 0) is 33.2 Å². The molecule has 0 spiro atoms. The van der Waals surface area contributed by atoms with Crippen LogP contribution < -0.4 is 0 Å². The lowest BCUT2D eigenvalue weighted by Crippen LogP contribution is -2.15. The summed E-state index contributed by atoms with van der Waals surface area (Å²) in [7, 11) is 0. The van der Waals surface area contributed by atoms with Gasteiger partial charge in [-0.15, -0.1) is 0 Å². The third-order valence-electron chi connectivity index (χ3n) is 4.22. The number of esters is 1. The normalized spacial score (nSPS) is 11.0. The number of hydrogen-bond acceptors (Lipinski definition) is 8. The Morgan fingerprint density at radius 3 is 1.41 bits per heavy atom. The molecule has 0 radical (unpaired) electrons. The number of rotatable bonds is 23. The molecule has 0 heterocycles. The number of hydrogen-bond donors (Lipinski definition) is 0. The lowest BCUT2D eigenvalue weighted by atomic mass is 10.2. The fourth-order valence-corrected chi connectivity index (χ4v) is 2.51. The van der Waals surface area contributed by atoms with Gasteiger partial charge in [-0.1, -0.05) is 38.0 Å². The van der Waals surface area contributed by atoms with Crippen LogP contribution in [0.15, 0.2) is 30.3 Å². The minimum absolute atomic E-state index is 0.217. The minimum atomic E-state index is -0.345. The molecule has 0 fully saturated rings. The van der Waals surface area contributed by atoms with Crippen molar-refractivity contribution in [1.82, 2.24) is 0 Å². The summed E-state index contributed by atoms with van der Waals surface area (Å²) in [5.74, 6) is -0.345. The van der Waals surface area contributed by atoms with Crippen molar-refractivity contribution < 1.29 is 38.0 Å². The molecule has 0 atom stereocenters. The van der Waals surface area contributed by atoms with Gasteiger partial charge in [0, 0.05) is 6.61 Å². The van der Waals surface area contributed by atoms with E-state index in [0.29, 0.717) is 78.2 Å². The van der Waals surface area contributed by atoms with Crippen LogP contribution in [0.25, 0.3) is 0 Å². The molecule has 8 heteroatoms. The van der Waals surface area contributed by atoms with Gasteiger partial charge < -0.3 is 33.2 Å². The summed E-state index contributed by atoms with van der Waals surface area (Å²) in [6.07, 6.45) is 3.54. The molecule has 0 bridgehead atoms. The summed E-state index contributed by atoms with van der Waals surface area (Å²) < 4.78 is 37.7. The summed E-state index contributed by atoms with van der Waals surface area (Å²) in [5, 5.41) is 0. The molecule has 0 amide bonds. The molecule has 1 rings (SSSR count). The summed E-state index contributed by atoms with van der Waals surface area (Å²) in [4.78, 5) is 11.7. The van der Waals surface area contributed by atoms with E-state index in [9.17, 15) is 4.79 Å². The Morgan fingerprint density at radius 1 is 0.562 bits per heavy atom. The van der Waals surface area contributed by atoms with Gasteiger partial charge >= 0.3 is 5.97 Å². The molecule has 0 saturated carbocycles. The van der Waals surface area contributed by atoms with E-state index in [4.69, 9.17) is 33.2 Å². The molecule has 8 nitrogen and oxygen atoms in total. The van der Waals surface area contributed by atoms with Gasteiger partial charge in [-0.2, -0.15) is 0 Å². The maximum Gasteiger partial charge on any atom is 0.338 e. The van der Waals surface area contributed by atoms with Gasteiger partial charge in [0.1, 0.15) is 6.61 Å². The first-order chi connectivity index (χ1) is 15.8. The fraction of sp³-hybridized carbons (Fsp3) is 0.708. The first-order valence-electron chi connectivity index (χ1n) is 11.5. The molecule has 0 N–H and O–H groups in total. The predicted molar refractivity (Wildman–Crippen MR) is 121 cm³/mol. The van der Waals surface area contributed by atoms with E-state index < -0.39 is 0 Å². The van der Waals surface area contributed by atoms with Gasteiger partial charge in [0.05, 0.1) is 78.2 Å². The van der Waals surface area contributed by atoms with Crippen molar-refractivity contribution in [2.75, 3.05) is 85.9 Å². The quantitative estimate of drug-likeness (QED) is 0.184. The maximum atomic E-state index is 11.7. The first kappa shape index (κ1) is 28.5. The van der Waals surface area contributed by atoms with Gasteiger partial charge in [-0.05, 0) is 18.6 Å². The molecule has 0 aromatic heterocycles. The molecule has 32 heavy (non-hydrogen) atoms. The largest absolute Gasteiger partial charge is 0.460 e. The Morgan fingerprint density at radius 2 is 0.969 bits per heavy atom. The van der Waals surface area contributed by atoms with Crippen molar-refractivity contribution in [1.29, 1.82) is 0 Å². The molecular formula is C24H40O8. The van der Waals surface area contributed by atoms with Crippen molar-refractivity contribution in [2.24, 2.45) is 0 Å². The van der Waals surface area contributed by atoms with Crippen LogP contribution >= 0.6 is 0 Å². The van der Waals surface area contributed by atoms with Gasteiger partial charge in [-0.3, -0.25) is 0 Å². The number of carbonyl (C=O) groups excluding carboxylic acids is 1. The zero-order valence-corrected chi connectivity index (χ0v) is 19.5. The third-order valence-corrected chi connectivity index (χ3v) is 4.22. The van der Waals surface area contributed by atoms with Crippen molar-refractivity contribution in [2.45, 2.75) is 26.2 Å². The minimum Gasteiger partial charge on any atom is -0.460 e. The average molecular weight is 457 g/mol. The van der Waals surface area contributed by atoms with Gasteiger partial charge in [0.25, 0.3) is 0 Å². The van der Waals surface area contributed by atoms with Crippen LogP contribution in [0.2, 0.25) is 0 Å². The lowest BCUT2D eigenvalue weighted by Gasteiger charge is -2.08. The highest BCUT2D eigenvalue weighted by Crippen LogP contribution is 2.00. The Kier molecular flexibility index (Phi) is 20.1. The summed E-state index contributed by atoms with van der Waals surface area (Å²) in [6.45, 7) is 8.85. The molecule has 0 saturated heterocycles. The van der Waals surface area contributed by atoms with Crippen molar-refractivity contribution in [3.63, 3.8) is 0 Å². The van der Waals surface area contributed by atoms with E-state index >= 15 is 0 Å². The Hall–Kier alpha value is -1.55. The van der Waals surface area contributed by atoms with E-state index in [1.165, 1.54) is 12.8 Å². The molecule has 0 aliphatic carbocycles. The van der Waals surface area contributed by atoms with Crippen LogP contribution in [0.4, 0.5) is 0 Å². The second-order valence-electron chi connectivity index (χ2n) is 6.88. The van der Waals surface area contributed by atoms with E-state index in [-0.39, 0.29) is 12.6 Å². The van der Waals surface area contributed by atoms with Crippen molar-refractivity contribution >= 4 is 5.97 Å². The van der Waals surface area contributed by atoms with E-state index in [1.807, 2.05) is 6.07 Å². The molecular weight excluding hydrogens is 416 g/mol. The smallest absolute Gasteiger partial charge is 0.338 e. The molecule has 0 unspecified atom stereocenters. The molecule has 1 aromatic carbocycles. The number of carbonyl (C=O) groups is 1. The second-order valence-corrected chi connectivity index (χ2v) is 6.88. The number of unbranched alkanes of at least 4 members (excludes halogenated alkanes) is 2. The van der Waals surface area contributed by atoms with Crippen LogP contribution in [0.1, 0.15) is 36.5 Å². The van der Waals surface area contributed by atoms with Crippen LogP contribution in [0.3, 0.4) is 0 Å². The van der Waals surface area contributed by atoms with E-state index in [1.54, 1.807) is 24.3 Å². The Labute approximate surface area is 192 Å². The zero-order valence-electron chi connectivity index (χ0n) is 19.5. The van der Waals surface area contributed by atoms with Gasteiger partial charge in [0.15, 0.2) is 0 Å². The number of ether oxygens (including phenoxy) is 7. The molecule has 0 aliphatic rings. The highest BCUT2D eigenvalue weighted by atomic mass is 16.6. The topological polar surface area (TPSA) is 81.7 Å².